The molecule has 1 aromatic carbocycles. The monoisotopic (exact) mass is 255 g/mol. The van der Waals surface area contributed by atoms with Crippen molar-refractivity contribution in [3.8, 4) is 0 Å². The average Bonchev–Trinajstić information content (AvgIpc) is 2.30. The van der Waals surface area contributed by atoms with Crippen molar-refractivity contribution in [1.82, 2.24) is 5.32 Å². The van der Waals surface area contributed by atoms with Crippen molar-refractivity contribution >= 4 is 17.6 Å². The summed E-state index contributed by atoms with van der Waals surface area (Å²) in [5.41, 5.74) is 1.15. The largest absolute Gasteiger partial charge is 0.466 e. The van der Waals surface area contributed by atoms with Crippen molar-refractivity contribution in [3.05, 3.63) is 34.9 Å². The third-order valence-corrected chi connectivity index (χ3v) is 2.71. The molecule has 4 heteroatoms. The molecule has 1 N–H and O–H groups in total. The summed E-state index contributed by atoms with van der Waals surface area (Å²) >= 11 is 5.82. The maximum Gasteiger partial charge on any atom is 0.307 e. The van der Waals surface area contributed by atoms with E-state index in [0.717, 1.165) is 10.6 Å². The molecule has 0 aromatic heterocycles. The molecule has 1 atom stereocenters. The van der Waals surface area contributed by atoms with Crippen LogP contribution in [0.5, 0.6) is 0 Å². The molecule has 0 amide bonds. The first-order valence-corrected chi connectivity index (χ1v) is 6.15. The second-order valence-electron chi connectivity index (χ2n) is 3.78. The molecule has 0 spiro atoms. The highest BCUT2D eigenvalue weighted by Gasteiger charge is 2.06. The van der Waals surface area contributed by atoms with Crippen molar-refractivity contribution in [1.29, 1.82) is 0 Å². The molecule has 0 aliphatic rings. The molecule has 0 aliphatic carbocycles. The van der Waals surface area contributed by atoms with Gasteiger partial charge in [0.25, 0.3) is 0 Å². The normalized spacial score (nSPS) is 12.2. The van der Waals surface area contributed by atoms with E-state index < -0.39 is 0 Å². The van der Waals surface area contributed by atoms with Crippen LogP contribution in [0.3, 0.4) is 0 Å². The van der Waals surface area contributed by atoms with Gasteiger partial charge in [-0.3, -0.25) is 4.79 Å². The average molecular weight is 256 g/mol. The number of esters is 1. The molecule has 1 aromatic rings. The van der Waals surface area contributed by atoms with E-state index in [4.69, 9.17) is 16.3 Å². The Kier molecular flexibility index (Phi) is 6.01. The Morgan fingerprint density at radius 3 is 2.65 bits per heavy atom. The SMILES string of the molecule is CCOC(=O)CCNC(C)c1ccc(Cl)cc1. The fourth-order valence-electron chi connectivity index (χ4n) is 1.49. The minimum absolute atomic E-state index is 0.164. The van der Waals surface area contributed by atoms with Gasteiger partial charge in [0, 0.05) is 17.6 Å². The third kappa shape index (κ3) is 5.20. The predicted octanol–water partition coefficient (Wildman–Crippen LogP) is 2.94. The van der Waals surface area contributed by atoms with Crippen molar-refractivity contribution in [2.75, 3.05) is 13.2 Å². The molecule has 0 heterocycles. The highest BCUT2D eigenvalue weighted by molar-refractivity contribution is 6.30. The van der Waals surface area contributed by atoms with E-state index in [1.807, 2.05) is 38.1 Å². The Morgan fingerprint density at radius 1 is 1.41 bits per heavy atom. The maximum atomic E-state index is 11.1. The summed E-state index contributed by atoms with van der Waals surface area (Å²) in [5.74, 6) is -0.164. The minimum Gasteiger partial charge on any atom is -0.466 e. The number of nitrogens with one attached hydrogen (secondary N) is 1. The third-order valence-electron chi connectivity index (χ3n) is 2.45. The lowest BCUT2D eigenvalue weighted by atomic mass is 10.1. The van der Waals surface area contributed by atoms with Gasteiger partial charge in [0.1, 0.15) is 0 Å². The van der Waals surface area contributed by atoms with Gasteiger partial charge in [0.2, 0.25) is 0 Å². The van der Waals surface area contributed by atoms with E-state index in [1.54, 1.807) is 0 Å². The van der Waals surface area contributed by atoms with Gasteiger partial charge in [-0.05, 0) is 31.5 Å². The number of halogens is 1. The van der Waals surface area contributed by atoms with E-state index in [1.165, 1.54) is 0 Å². The summed E-state index contributed by atoms with van der Waals surface area (Å²) in [5, 5.41) is 3.99. The second-order valence-corrected chi connectivity index (χ2v) is 4.22. The first-order valence-electron chi connectivity index (χ1n) is 5.78. The summed E-state index contributed by atoms with van der Waals surface area (Å²) in [6.07, 6.45) is 0.395. The summed E-state index contributed by atoms with van der Waals surface area (Å²) in [4.78, 5) is 11.1. The van der Waals surface area contributed by atoms with Gasteiger partial charge in [-0.25, -0.2) is 0 Å². The van der Waals surface area contributed by atoms with Gasteiger partial charge in [-0.2, -0.15) is 0 Å². The van der Waals surface area contributed by atoms with E-state index in [2.05, 4.69) is 5.32 Å². The lowest BCUT2D eigenvalue weighted by Gasteiger charge is -2.13. The highest BCUT2D eigenvalue weighted by atomic mass is 35.5. The fraction of sp³-hybridized carbons (Fsp3) is 0.462. The lowest BCUT2D eigenvalue weighted by Crippen LogP contribution is -2.22. The van der Waals surface area contributed by atoms with Crippen LogP contribution < -0.4 is 5.32 Å². The first kappa shape index (κ1) is 14.0. The van der Waals surface area contributed by atoms with Crippen molar-refractivity contribution in [2.24, 2.45) is 0 Å². The zero-order chi connectivity index (χ0) is 12.7. The molecule has 0 fully saturated rings. The quantitative estimate of drug-likeness (QED) is 0.795. The molecule has 1 rings (SSSR count). The van der Waals surface area contributed by atoms with E-state index in [0.29, 0.717) is 19.6 Å². The van der Waals surface area contributed by atoms with Gasteiger partial charge in [0.05, 0.1) is 13.0 Å². The van der Waals surface area contributed by atoms with Crippen LogP contribution >= 0.6 is 11.6 Å². The van der Waals surface area contributed by atoms with Crippen molar-refractivity contribution < 1.29 is 9.53 Å². The lowest BCUT2D eigenvalue weighted by molar-refractivity contribution is -0.143. The molecule has 0 radical (unpaired) electrons. The zero-order valence-corrected chi connectivity index (χ0v) is 11.0. The maximum absolute atomic E-state index is 11.1. The number of hydrogen-bond donors (Lipinski definition) is 1. The molecule has 0 bridgehead atoms. The van der Waals surface area contributed by atoms with E-state index in [9.17, 15) is 4.79 Å². The van der Waals surface area contributed by atoms with Gasteiger partial charge in [-0.1, -0.05) is 23.7 Å². The Labute approximate surface area is 107 Å². The smallest absolute Gasteiger partial charge is 0.307 e. The van der Waals surface area contributed by atoms with Crippen LogP contribution in [0.1, 0.15) is 31.9 Å². The summed E-state index contributed by atoms with van der Waals surface area (Å²) in [7, 11) is 0. The van der Waals surface area contributed by atoms with Crippen molar-refractivity contribution in [3.63, 3.8) is 0 Å². The van der Waals surface area contributed by atoms with Crippen molar-refractivity contribution in [2.45, 2.75) is 26.3 Å². The Balaban J connectivity index is 2.32. The van der Waals surface area contributed by atoms with Crippen LogP contribution in [0.15, 0.2) is 24.3 Å². The zero-order valence-electron chi connectivity index (χ0n) is 10.2. The van der Waals surface area contributed by atoms with E-state index in [-0.39, 0.29) is 12.0 Å². The number of benzene rings is 1. The van der Waals surface area contributed by atoms with Crippen LogP contribution in [0.4, 0.5) is 0 Å². The van der Waals surface area contributed by atoms with Gasteiger partial charge < -0.3 is 10.1 Å². The Morgan fingerprint density at radius 2 is 2.06 bits per heavy atom. The predicted molar refractivity (Wildman–Crippen MR) is 69.1 cm³/mol. The fourth-order valence-corrected chi connectivity index (χ4v) is 1.62. The number of rotatable bonds is 6. The molecule has 0 saturated carbocycles. The van der Waals surface area contributed by atoms with E-state index >= 15 is 0 Å². The summed E-state index contributed by atoms with van der Waals surface area (Å²) in [6, 6.07) is 7.87. The summed E-state index contributed by atoms with van der Waals surface area (Å²) < 4.78 is 4.85. The number of carbonyl (C=O) groups excluding carboxylic acids is 1. The molecule has 3 nitrogen and oxygen atoms in total. The molecule has 0 saturated heterocycles. The Hall–Kier alpha value is -1.06. The molecular weight excluding hydrogens is 238 g/mol. The summed E-state index contributed by atoms with van der Waals surface area (Å²) in [6.45, 7) is 4.91. The van der Waals surface area contributed by atoms with Gasteiger partial charge in [-0.15, -0.1) is 0 Å². The standard InChI is InChI=1S/C13H18ClNO2/c1-3-17-13(16)8-9-15-10(2)11-4-6-12(14)7-5-11/h4-7,10,15H,3,8-9H2,1-2H3. The molecule has 94 valence electrons. The molecule has 17 heavy (non-hydrogen) atoms. The molecule has 1 unspecified atom stereocenters. The van der Waals surface area contributed by atoms with Gasteiger partial charge in [0.15, 0.2) is 0 Å². The number of hydrogen-bond acceptors (Lipinski definition) is 3. The van der Waals surface area contributed by atoms with Crippen LogP contribution in [-0.4, -0.2) is 19.1 Å². The Bertz CT molecular complexity index is 351. The van der Waals surface area contributed by atoms with Gasteiger partial charge >= 0.3 is 5.97 Å². The second kappa shape index (κ2) is 7.30. The van der Waals surface area contributed by atoms with Crippen LogP contribution in [-0.2, 0) is 9.53 Å². The number of ether oxygens (including phenoxy) is 1. The topological polar surface area (TPSA) is 38.3 Å². The first-order chi connectivity index (χ1) is 8.13. The minimum atomic E-state index is -0.164. The highest BCUT2D eigenvalue weighted by Crippen LogP contribution is 2.15. The van der Waals surface area contributed by atoms with Crippen LogP contribution in [0.25, 0.3) is 0 Å². The molecular formula is C13H18ClNO2. The van der Waals surface area contributed by atoms with Crippen LogP contribution in [0, 0.1) is 0 Å². The molecule has 0 aliphatic heterocycles. The number of carbonyl (C=O) groups is 1. The van der Waals surface area contributed by atoms with Crippen LogP contribution in [0.2, 0.25) is 5.02 Å².